The summed E-state index contributed by atoms with van der Waals surface area (Å²) < 4.78 is 77.7. The molecule has 0 bridgehead atoms. The first-order valence-corrected chi connectivity index (χ1v) is 8.93. The van der Waals surface area contributed by atoms with Gasteiger partial charge < -0.3 is 4.18 Å². The predicted molar refractivity (Wildman–Crippen MR) is 84.8 cm³/mol. The summed E-state index contributed by atoms with van der Waals surface area (Å²) in [6.07, 6.45) is 1.89. The highest BCUT2D eigenvalue weighted by atomic mass is 32.2. The molecule has 0 N–H and O–H groups in total. The quantitative estimate of drug-likeness (QED) is 0.329. The highest BCUT2D eigenvalue weighted by molar-refractivity contribution is 7.88. The summed E-state index contributed by atoms with van der Waals surface area (Å²) in [5, 5.41) is 0. The molecule has 0 amide bonds. The van der Waals surface area contributed by atoms with Crippen LogP contribution in [-0.4, -0.2) is 20.2 Å². The monoisotopic (exact) mass is 388 g/mol. The molecule has 0 unspecified atom stereocenters. The summed E-state index contributed by atoms with van der Waals surface area (Å²) in [6, 6.07) is 7.58. The number of carbonyl (C=O) groups excluding carboxylic acids is 1. The summed E-state index contributed by atoms with van der Waals surface area (Å²) in [7, 11) is -5.93. The maximum atomic E-state index is 13.2. The van der Waals surface area contributed by atoms with Crippen LogP contribution in [0.3, 0.4) is 0 Å². The fraction of sp³-hybridized carbons (Fsp3) is 0.235. The van der Waals surface area contributed by atoms with Crippen molar-refractivity contribution in [1.82, 2.24) is 0 Å². The number of alkyl halides is 3. The van der Waals surface area contributed by atoms with Crippen molar-refractivity contribution in [1.29, 1.82) is 0 Å². The van der Waals surface area contributed by atoms with Crippen molar-refractivity contribution in [2.24, 2.45) is 0 Å². The average molecular weight is 388 g/mol. The van der Waals surface area contributed by atoms with Gasteiger partial charge in [0.1, 0.15) is 5.82 Å². The summed E-state index contributed by atoms with van der Waals surface area (Å²) in [5.74, 6) is -1.12. The van der Waals surface area contributed by atoms with Gasteiger partial charge in [0.2, 0.25) is 0 Å². The van der Waals surface area contributed by atoms with E-state index in [4.69, 9.17) is 0 Å². The Morgan fingerprint density at radius 2 is 1.69 bits per heavy atom. The van der Waals surface area contributed by atoms with E-state index in [0.717, 1.165) is 18.9 Å². The second-order valence-corrected chi connectivity index (χ2v) is 7.40. The van der Waals surface area contributed by atoms with Crippen molar-refractivity contribution < 1.29 is 35.0 Å². The SMILES string of the molecule is O=Cc1cc(C2CC2)c(-c2ccc(F)cc2)cc1OS(=O)(=O)C(F)(F)F. The zero-order valence-corrected chi connectivity index (χ0v) is 13.9. The molecule has 1 aliphatic rings. The lowest BCUT2D eigenvalue weighted by Crippen LogP contribution is -2.28. The van der Waals surface area contributed by atoms with Crippen LogP contribution in [0, 0.1) is 5.82 Å². The Balaban J connectivity index is 2.14. The fourth-order valence-corrected chi connectivity index (χ4v) is 3.03. The molecule has 2 aromatic rings. The highest BCUT2D eigenvalue weighted by Crippen LogP contribution is 2.46. The number of rotatable bonds is 5. The molecule has 3 rings (SSSR count). The maximum absolute atomic E-state index is 13.2. The minimum absolute atomic E-state index is 0.0991. The molecule has 2 aromatic carbocycles. The number of hydrogen-bond acceptors (Lipinski definition) is 4. The Morgan fingerprint density at radius 3 is 2.19 bits per heavy atom. The molecule has 0 aromatic heterocycles. The number of hydrogen-bond donors (Lipinski definition) is 0. The summed E-state index contributed by atoms with van der Waals surface area (Å²) in [6.45, 7) is 0. The summed E-state index contributed by atoms with van der Waals surface area (Å²) in [4.78, 5) is 11.2. The molecule has 0 radical (unpaired) electrons. The van der Waals surface area contributed by atoms with E-state index < -0.39 is 27.2 Å². The molecule has 0 heterocycles. The van der Waals surface area contributed by atoms with E-state index in [1.54, 1.807) is 0 Å². The molecule has 0 aliphatic heterocycles. The lowest BCUT2D eigenvalue weighted by Gasteiger charge is -2.15. The molecular weight excluding hydrogens is 376 g/mol. The Bertz CT molecular complexity index is 946. The Hall–Kier alpha value is -2.42. The molecule has 1 saturated carbocycles. The van der Waals surface area contributed by atoms with E-state index in [2.05, 4.69) is 4.18 Å². The zero-order chi connectivity index (χ0) is 19.1. The van der Waals surface area contributed by atoms with E-state index in [9.17, 15) is 30.8 Å². The van der Waals surface area contributed by atoms with Gasteiger partial charge in [0.05, 0.1) is 5.56 Å². The molecule has 26 heavy (non-hydrogen) atoms. The van der Waals surface area contributed by atoms with Crippen LogP contribution >= 0.6 is 0 Å². The normalized spacial score (nSPS) is 14.9. The van der Waals surface area contributed by atoms with E-state index in [0.29, 0.717) is 16.7 Å². The van der Waals surface area contributed by atoms with Gasteiger partial charge in [-0.15, -0.1) is 0 Å². The van der Waals surface area contributed by atoms with Crippen LogP contribution < -0.4 is 4.18 Å². The van der Waals surface area contributed by atoms with Crippen LogP contribution in [0.5, 0.6) is 5.75 Å². The lowest BCUT2D eigenvalue weighted by atomic mass is 9.94. The van der Waals surface area contributed by atoms with Crippen molar-refractivity contribution in [3.05, 3.63) is 53.3 Å². The first kappa shape index (κ1) is 18.4. The van der Waals surface area contributed by atoms with Gasteiger partial charge in [-0.2, -0.15) is 21.6 Å². The third-order valence-corrected chi connectivity index (χ3v) is 4.93. The van der Waals surface area contributed by atoms with Crippen LogP contribution in [-0.2, 0) is 10.1 Å². The van der Waals surface area contributed by atoms with Gasteiger partial charge in [0, 0.05) is 0 Å². The molecule has 1 fully saturated rings. The van der Waals surface area contributed by atoms with E-state index >= 15 is 0 Å². The van der Waals surface area contributed by atoms with Crippen molar-refractivity contribution >= 4 is 16.4 Å². The first-order valence-electron chi connectivity index (χ1n) is 7.52. The Labute approximate surface area is 146 Å². The van der Waals surface area contributed by atoms with Crippen LogP contribution in [0.1, 0.15) is 34.7 Å². The fourth-order valence-electron chi connectivity index (χ4n) is 2.56. The zero-order valence-electron chi connectivity index (χ0n) is 13.1. The Morgan fingerprint density at radius 1 is 1.08 bits per heavy atom. The minimum Gasteiger partial charge on any atom is -0.375 e. The van der Waals surface area contributed by atoms with Crippen LogP contribution in [0.4, 0.5) is 17.6 Å². The van der Waals surface area contributed by atoms with E-state index in [-0.39, 0.29) is 17.8 Å². The molecule has 0 atom stereocenters. The third-order valence-electron chi connectivity index (χ3n) is 3.96. The van der Waals surface area contributed by atoms with Gasteiger partial charge in [-0.1, -0.05) is 12.1 Å². The molecule has 0 spiro atoms. The largest absolute Gasteiger partial charge is 0.534 e. The van der Waals surface area contributed by atoms with Gasteiger partial charge in [0.15, 0.2) is 12.0 Å². The smallest absolute Gasteiger partial charge is 0.375 e. The summed E-state index contributed by atoms with van der Waals surface area (Å²) in [5.41, 5.74) is -4.38. The van der Waals surface area contributed by atoms with Crippen molar-refractivity contribution in [3.8, 4) is 16.9 Å². The van der Waals surface area contributed by atoms with Crippen LogP contribution in [0.2, 0.25) is 0 Å². The summed E-state index contributed by atoms with van der Waals surface area (Å²) >= 11 is 0. The number of halogens is 4. The molecule has 0 saturated heterocycles. The van der Waals surface area contributed by atoms with E-state index in [1.165, 1.54) is 30.3 Å². The van der Waals surface area contributed by atoms with Crippen molar-refractivity contribution in [2.75, 3.05) is 0 Å². The highest BCUT2D eigenvalue weighted by Gasteiger charge is 2.49. The first-order chi connectivity index (χ1) is 12.1. The molecule has 4 nitrogen and oxygen atoms in total. The second-order valence-electron chi connectivity index (χ2n) is 5.86. The lowest BCUT2D eigenvalue weighted by molar-refractivity contribution is -0.0500. The van der Waals surface area contributed by atoms with Gasteiger partial charge in [-0.3, -0.25) is 4.79 Å². The topological polar surface area (TPSA) is 60.4 Å². The number of benzene rings is 2. The maximum Gasteiger partial charge on any atom is 0.534 e. The molecular formula is C17H12F4O4S. The molecule has 138 valence electrons. The van der Waals surface area contributed by atoms with Crippen molar-refractivity contribution in [3.63, 3.8) is 0 Å². The number of aldehydes is 1. The number of carbonyl (C=O) groups is 1. The predicted octanol–water partition coefficient (Wildman–Crippen LogP) is 4.41. The van der Waals surface area contributed by atoms with Gasteiger partial charge in [0.25, 0.3) is 0 Å². The molecule has 1 aliphatic carbocycles. The van der Waals surface area contributed by atoms with Crippen LogP contribution in [0.25, 0.3) is 11.1 Å². The second kappa shape index (κ2) is 6.39. The van der Waals surface area contributed by atoms with Crippen molar-refractivity contribution in [2.45, 2.75) is 24.3 Å². The third kappa shape index (κ3) is 3.57. The van der Waals surface area contributed by atoms with Gasteiger partial charge in [-0.25, -0.2) is 4.39 Å². The standard InChI is InChI=1S/C17H12F4O4S/c18-13-5-3-11(4-6-13)15-8-16(25-26(23,24)17(19,20)21)12(9-22)7-14(15)10-1-2-10/h3-10H,1-2H2. The van der Waals surface area contributed by atoms with E-state index in [1.807, 2.05) is 0 Å². The van der Waals surface area contributed by atoms with Crippen LogP contribution in [0.15, 0.2) is 36.4 Å². The average Bonchev–Trinajstić information content (AvgIpc) is 3.39. The van der Waals surface area contributed by atoms with Gasteiger partial charge in [-0.05, 0) is 59.7 Å². The molecule has 9 heteroatoms. The Kier molecular flexibility index (Phi) is 4.51. The van der Waals surface area contributed by atoms with Gasteiger partial charge >= 0.3 is 15.6 Å². The minimum atomic E-state index is -5.93.